The first-order chi connectivity index (χ1) is 9.06. The van der Waals surface area contributed by atoms with Crippen LogP contribution in [0.1, 0.15) is 46.7 Å². The zero-order chi connectivity index (χ0) is 14.0. The minimum Gasteiger partial charge on any atom is -0.466 e. The Morgan fingerprint density at radius 3 is 2.63 bits per heavy atom. The van der Waals surface area contributed by atoms with E-state index in [1.807, 2.05) is 32.7 Å². The molecule has 1 amide bonds. The fourth-order valence-corrected chi connectivity index (χ4v) is 2.97. The molecule has 4 nitrogen and oxygen atoms in total. The summed E-state index contributed by atoms with van der Waals surface area (Å²) < 4.78 is 5.59. The molecule has 1 saturated heterocycles. The summed E-state index contributed by atoms with van der Waals surface area (Å²) in [7, 11) is 1.94. The lowest BCUT2D eigenvalue weighted by molar-refractivity contribution is 0.0612. The molecule has 0 saturated carbocycles. The van der Waals surface area contributed by atoms with E-state index in [2.05, 4.69) is 5.32 Å². The Bertz CT molecular complexity index is 463. The summed E-state index contributed by atoms with van der Waals surface area (Å²) in [5, 5.41) is 3.19. The predicted octanol–water partition coefficient (Wildman–Crippen LogP) is 2.42. The van der Waals surface area contributed by atoms with Crippen molar-refractivity contribution in [3.8, 4) is 0 Å². The number of likely N-dealkylation sites (N-methyl/N-ethyl adjacent to an activating group) is 1. The van der Waals surface area contributed by atoms with Crippen molar-refractivity contribution in [2.24, 2.45) is 0 Å². The standard InChI is InChI=1S/C15H24N2O2/c1-10-11(2)19-12(3)14(10)15(18)17-8-6-5-7-13(17)9-16-4/h13,16H,5-9H2,1-4H3. The number of furan rings is 1. The Kier molecular flexibility index (Phi) is 4.30. The molecule has 4 heteroatoms. The van der Waals surface area contributed by atoms with Crippen molar-refractivity contribution < 1.29 is 9.21 Å². The van der Waals surface area contributed by atoms with Gasteiger partial charge in [0, 0.05) is 24.7 Å². The molecule has 0 bridgehead atoms. The Hall–Kier alpha value is -1.29. The van der Waals surface area contributed by atoms with Gasteiger partial charge in [-0.1, -0.05) is 0 Å². The molecule has 0 aliphatic carbocycles. The second-order valence-corrected chi connectivity index (χ2v) is 5.42. The number of aryl methyl sites for hydroxylation is 2. The van der Waals surface area contributed by atoms with Crippen molar-refractivity contribution in [2.45, 2.75) is 46.1 Å². The number of likely N-dealkylation sites (tertiary alicyclic amines) is 1. The average molecular weight is 264 g/mol. The zero-order valence-electron chi connectivity index (χ0n) is 12.4. The van der Waals surface area contributed by atoms with Gasteiger partial charge in [-0.05, 0) is 47.1 Å². The maximum absolute atomic E-state index is 12.8. The van der Waals surface area contributed by atoms with Crippen molar-refractivity contribution in [3.05, 3.63) is 22.6 Å². The van der Waals surface area contributed by atoms with E-state index in [4.69, 9.17) is 4.42 Å². The highest BCUT2D eigenvalue weighted by Crippen LogP contribution is 2.26. The molecule has 1 unspecified atom stereocenters. The van der Waals surface area contributed by atoms with Crippen LogP contribution in [0.15, 0.2) is 4.42 Å². The fraction of sp³-hybridized carbons (Fsp3) is 0.667. The molecule has 2 heterocycles. The highest BCUT2D eigenvalue weighted by atomic mass is 16.3. The van der Waals surface area contributed by atoms with Gasteiger partial charge >= 0.3 is 0 Å². The van der Waals surface area contributed by atoms with Gasteiger partial charge < -0.3 is 14.6 Å². The van der Waals surface area contributed by atoms with Crippen molar-refractivity contribution in [1.29, 1.82) is 0 Å². The molecule has 1 aliphatic heterocycles. The molecule has 106 valence electrons. The first-order valence-electron chi connectivity index (χ1n) is 7.08. The Morgan fingerprint density at radius 1 is 1.32 bits per heavy atom. The smallest absolute Gasteiger partial charge is 0.257 e. The van der Waals surface area contributed by atoms with Gasteiger partial charge in [-0.25, -0.2) is 0 Å². The van der Waals surface area contributed by atoms with E-state index in [9.17, 15) is 4.79 Å². The van der Waals surface area contributed by atoms with Crippen LogP contribution in [0.5, 0.6) is 0 Å². The van der Waals surface area contributed by atoms with E-state index in [1.165, 1.54) is 6.42 Å². The summed E-state index contributed by atoms with van der Waals surface area (Å²) in [6.07, 6.45) is 3.39. The number of rotatable bonds is 3. The van der Waals surface area contributed by atoms with Gasteiger partial charge in [0.15, 0.2) is 0 Å². The molecular formula is C15H24N2O2. The van der Waals surface area contributed by atoms with E-state index >= 15 is 0 Å². The van der Waals surface area contributed by atoms with Crippen molar-refractivity contribution in [1.82, 2.24) is 10.2 Å². The van der Waals surface area contributed by atoms with Crippen LogP contribution in [-0.4, -0.2) is 37.0 Å². The Balaban J connectivity index is 2.26. The first-order valence-corrected chi connectivity index (χ1v) is 7.08. The minimum atomic E-state index is 0.131. The molecule has 19 heavy (non-hydrogen) atoms. The van der Waals surface area contributed by atoms with Gasteiger partial charge in [0.05, 0.1) is 5.56 Å². The molecule has 1 fully saturated rings. The summed E-state index contributed by atoms with van der Waals surface area (Å²) in [6.45, 7) is 7.48. The maximum Gasteiger partial charge on any atom is 0.257 e. The molecule has 0 spiro atoms. The third kappa shape index (κ3) is 2.68. The molecule has 0 radical (unpaired) electrons. The number of carbonyl (C=O) groups excluding carboxylic acids is 1. The number of nitrogens with one attached hydrogen (secondary N) is 1. The van der Waals surface area contributed by atoms with E-state index in [-0.39, 0.29) is 5.91 Å². The maximum atomic E-state index is 12.8. The lowest BCUT2D eigenvalue weighted by atomic mass is 9.99. The third-order valence-corrected chi connectivity index (χ3v) is 4.10. The lowest BCUT2D eigenvalue weighted by Crippen LogP contribution is -2.48. The first kappa shape index (κ1) is 14.1. The van der Waals surface area contributed by atoms with Crippen molar-refractivity contribution in [3.63, 3.8) is 0 Å². The molecule has 1 N–H and O–H groups in total. The number of hydrogen-bond donors (Lipinski definition) is 1. The van der Waals surface area contributed by atoms with Crippen LogP contribution in [0, 0.1) is 20.8 Å². The van der Waals surface area contributed by atoms with E-state index in [0.29, 0.717) is 6.04 Å². The SMILES string of the molecule is CNCC1CCCCN1C(=O)c1c(C)oc(C)c1C. The highest BCUT2D eigenvalue weighted by molar-refractivity contribution is 5.97. The van der Waals surface area contributed by atoms with E-state index in [0.717, 1.165) is 48.6 Å². The van der Waals surface area contributed by atoms with Gasteiger partial charge in [-0.3, -0.25) is 4.79 Å². The van der Waals surface area contributed by atoms with Crippen LogP contribution >= 0.6 is 0 Å². The number of hydrogen-bond acceptors (Lipinski definition) is 3. The highest BCUT2D eigenvalue weighted by Gasteiger charge is 2.30. The summed E-state index contributed by atoms with van der Waals surface area (Å²) in [6, 6.07) is 0.306. The Morgan fingerprint density at radius 2 is 2.05 bits per heavy atom. The molecule has 1 aromatic rings. The van der Waals surface area contributed by atoms with Crippen LogP contribution in [-0.2, 0) is 0 Å². The zero-order valence-corrected chi connectivity index (χ0v) is 12.4. The molecule has 1 aliphatic rings. The quantitative estimate of drug-likeness (QED) is 0.912. The van der Waals surface area contributed by atoms with E-state index in [1.54, 1.807) is 0 Å². The van der Waals surface area contributed by atoms with Crippen LogP contribution in [0.4, 0.5) is 0 Å². The topological polar surface area (TPSA) is 45.5 Å². The monoisotopic (exact) mass is 264 g/mol. The second kappa shape index (κ2) is 5.78. The summed E-state index contributed by atoms with van der Waals surface area (Å²) in [5.74, 6) is 1.73. The summed E-state index contributed by atoms with van der Waals surface area (Å²) in [5.41, 5.74) is 1.75. The lowest BCUT2D eigenvalue weighted by Gasteiger charge is -2.35. The molecule has 1 aromatic heterocycles. The second-order valence-electron chi connectivity index (χ2n) is 5.42. The van der Waals surface area contributed by atoms with Crippen LogP contribution in [0.25, 0.3) is 0 Å². The number of nitrogens with zero attached hydrogens (tertiary/aromatic N) is 1. The van der Waals surface area contributed by atoms with E-state index < -0.39 is 0 Å². The molecule has 2 rings (SSSR count). The van der Waals surface area contributed by atoms with Gasteiger partial charge in [-0.2, -0.15) is 0 Å². The van der Waals surface area contributed by atoms with Crippen molar-refractivity contribution in [2.75, 3.05) is 20.1 Å². The molecule has 1 atom stereocenters. The summed E-state index contributed by atoms with van der Waals surface area (Å²) >= 11 is 0. The fourth-order valence-electron chi connectivity index (χ4n) is 2.97. The van der Waals surface area contributed by atoms with Crippen LogP contribution in [0.2, 0.25) is 0 Å². The molecular weight excluding hydrogens is 240 g/mol. The number of amides is 1. The minimum absolute atomic E-state index is 0.131. The number of piperidine rings is 1. The van der Waals surface area contributed by atoms with Gasteiger partial charge in [0.2, 0.25) is 0 Å². The van der Waals surface area contributed by atoms with Crippen molar-refractivity contribution >= 4 is 5.91 Å². The predicted molar refractivity (Wildman–Crippen MR) is 75.5 cm³/mol. The largest absolute Gasteiger partial charge is 0.466 e. The average Bonchev–Trinajstić information content (AvgIpc) is 2.64. The molecule has 0 aromatic carbocycles. The summed E-state index contributed by atoms with van der Waals surface area (Å²) in [4.78, 5) is 14.8. The third-order valence-electron chi connectivity index (χ3n) is 4.10. The van der Waals surface area contributed by atoms with Gasteiger partial charge in [-0.15, -0.1) is 0 Å². The van der Waals surface area contributed by atoms with Crippen LogP contribution in [0.3, 0.4) is 0 Å². The number of carbonyl (C=O) groups is 1. The normalized spacial score (nSPS) is 19.8. The van der Waals surface area contributed by atoms with Gasteiger partial charge in [0.25, 0.3) is 5.91 Å². The Labute approximate surface area is 115 Å². The van der Waals surface area contributed by atoms with Crippen LogP contribution < -0.4 is 5.32 Å². The van der Waals surface area contributed by atoms with Gasteiger partial charge in [0.1, 0.15) is 11.5 Å².